The van der Waals surface area contributed by atoms with Crippen LogP contribution >= 0.6 is 0 Å². The summed E-state index contributed by atoms with van der Waals surface area (Å²) in [4.78, 5) is 42.8. The minimum Gasteiger partial charge on any atom is -0.478 e. The number of hydrogen-bond donors (Lipinski definition) is 3. The van der Waals surface area contributed by atoms with Crippen molar-refractivity contribution < 1.29 is 29.5 Å². The number of nitrogens with one attached hydrogen (secondary N) is 1. The molecule has 1 amide bonds. The van der Waals surface area contributed by atoms with Crippen molar-refractivity contribution in [2.75, 3.05) is 5.32 Å². The van der Waals surface area contributed by atoms with Crippen LogP contribution in [0, 0.1) is 10.1 Å². The van der Waals surface area contributed by atoms with Crippen molar-refractivity contribution in [1.82, 2.24) is 0 Å². The molecule has 0 aliphatic rings. The summed E-state index contributed by atoms with van der Waals surface area (Å²) in [6.45, 7) is 1.02. The average molecular weight is 268 g/mol. The van der Waals surface area contributed by atoms with Gasteiger partial charge in [-0.05, 0) is 6.07 Å². The fourth-order valence-electron chi connectivity index (χ4n) is 1.45. The van der Waals surface area contributed by atoms with E-state index in [1.165, 1.54) is 0 Å². The lowest BCUT2D eigenvalue weighted by molar-refractivity contribution is -0.384. The smallest absolute Gasteiger partial charge is 0.338 e. The van der Waals surface area contributed by atoms with Crippen LogP contribution in [-0.2, 0) is 4.79 Å². The molecule has 0 saturated carbocycles. The maximum atomic E-state index is 11.1. The molecule has 0 radical (unpaired) electrons. The molecule has 0 aromatic heterocycles. The summed E-state index contributed by atoms with van der Waals surface area (Å²) in [6.07, 6.45) is 0. The van der Waals surface area contributed by atoms with Crippen LogP contribution in [0.2, 0.25) is 0 Å². The monoisotopic (exact) mass is 268 g/mol. The van der Waals surface area contributed by atoms with E-state index in [9.17, 15) is 24.5 Å². The fraction of sp³-hybridized carbons (Fsp3) is 0.100. The molecule has 0 saturated heterocycles. The summed E-state index contributed by atoms with van der Waals surface area (Å²) in [5.41, 5.74) is -2.83. The van der Waals surface area contributed by atoms with Crippen molar-refractivity contribution >= 4 is 29.2 Å². The number of rotatable bonds is 4. The normalized spacial score (nSPS) is 9.74. The first-order valence-corrected chi connectivity index (χ1v) is 4.81. The average Bonchev–Trinajstić information content (AvgIpc) is 2.26. The van der Waals surface area contributed by atoms with Gasteiger partial charge in [-0.1, -0.05) is 0 Å². The predicted octanol–water partition coefficient (Wildman–Crippen LogP) is 0.950. The number of carboxylic acids is 2. The molecule has 3 N–H and O–H groups in total. The van der Waals surface area contributed by atoms with Crippen LogP contribution in [0.5, 0.6) is 0 Å². The van der Waals surface area contributed by atoms with Crippen LogP contribution < -0.4 is 5.32 Å². The minimum absolute atomic E-state index is 0.648. The largest absolute Gasteiger partial charge is 0.478 e. The quantitative estimate of drug-likeness (QED) is 0.543. The Bertz CT molecular complexity index is 594. The van der Waals surface area contributed by atoms with E-state index in [0.29, 0.717) is 0 Å². The molecule has 1 aromatic rings. The summed E-state index contributed by atoms with van der Waals surface area (Å²) in [5, 5.41) is 30.6. The highest BCUT2D eigenvalue weighted by Gasteiger charge is 2.28. The SMILES string of the molecule is CC(=O)Nc1c([N+](=O)[O-])ccc(C(=O)O)c1C(=O)O. The number of hydrogen-bond acceptors (Lipinski definition) is 5. The van der Waals surface area contributed by atoms with Gasteiger partial charge < -0.3 is 15.5 Å². The Morgan fingerprint density at radius 1 is 1.21 bits per heavy atom. The molecule has 19 heavy (non-hydrogen) atoms. The van der Waals surface area contributed by atoms with Crippen LogP contribution in [0.1, 0.15) is 27.6 Å². The molecule has 0 atom stereocenters. The highest BCUT2D eigenvalue weighted by molar-refractivity contribution is 6.10. The molecule has 100 valence electrons. The van der Waals surface area contributed by atoms with E-state index in [1.807, 2.05) is 5.32 Å². The third-order valence-corrected chi connectivity index (χ3v) is 2.13. The van der Waals surface area contributed by atoms with E-state index in [-0.39, 0.29) is 0 Å². The Morgan fingerprint density at radius 2 is 1.79 bits per heavy atom. The number of nitrogens with zero attached hydrogens (tertiary/aromatic N) is 1. The first-order valence-electron chi connectivity index (χ1n) is 4.81. The van der Waals surface area contributed by atoms with Crippen LogP contribution in [-0.4, -0.2) is 33.0 Å². The van der Waals surface area contributed by atoms with E-state index < -0.39 is 45.3 Å². The lowest BCUT2D eigenvalue weighted by Crippen LogP contribution is -2.16. The maximum absolute atomic E-state index is 11.1. The standard InChI is InChI=1S/C10H8N2O7/c1-4(13)11-8-6(12(18)19)3-2-5(9(14)15)7(8)10(16)17/h2-3H,1H3,(H,11,13)(H,14,15)(H,16,17). The van der Waals surface area contributed by atoms with E-state index >= 15 is 0 Å². The van der Waals surface area contributed by atoms with Crippen LogP contribution in [0.15, 0.2) is 12.1 Å². The molecule has 0 bridgehead atoms. The summed E-state index contributed by atoms with van der Waals surface area (Å²) in [7, 11) is 0. The molecule has 0 aliphatic carbocycles. The number of nitro groups is 1. The summed E-state index contributed by atoms with van der Waals surface area (Å²) >= 11 is 0. The van der Waals surface area contributed by atoms with Crippen molar-refractivity contribution in [1.29, 1.82) is 0 Å². The molecule has 9 heteroatoms. The number of benzene rings is 1. The molecular weight excluding hydrogens is 260 g/mol. The number of amides is 1. The summed E-state index contributed by atoms with van der Waals surface area (Å²) in [5.74, 6) is -4.02. The Kier molecular flexibility index (Phi) is 3.80. The number of nitro benzene ring substituents is 1. The molecule has 0 unspecified atom stereocenters. The van der Waals surface area contributed by atoms with E-state index in [0.717, 1.165) is 19.1 Å². The lowest BCUT2D eigenvalue weighted by Gasteiger charge is -2.09. The Hall–Kier alpha value is -2.97. The van der Waals surface area contributed by atoms with Crippen LogP contribution in [0.4, 0.5) is 11.4 Å². The number of carbonyl (C=O) groups excluding carboxylic acids is 1. The molecule has 0 spiro atoms. The summed E-state index contributed by atoms with van der Waals surface area (Å²) in [6, 6.07) is 1.62. The van der Waals surface area contributed by atoms with Gasteiger partial charge in [-0.3, -0.25) is 14.9 Å². The highest BCUT2D eigenvalue weighted by atomic mass is 16.6. The topological polar surface area (TPSA) is 147 Å². The Balaban J connectivity index is 3.70. The molecule has 1 aromatic carbocycles. The number of anilines is 1. The minimum atomic E-state index is -1.69. The van der Waals surface area contributed by atoms with E-state index in [4.69, 9.17) is 10.2 Å². The molecule has 9 nitrogen and oxygen atoms in total. The molecule has 0 fully saturated rings. The first kappa shape index (κ1) is 14.1. The fourth-order valence-corrected chi connectivity index (χ4v) is 1.45. The lowest BCUT2D eigenvalue weighted by atomic mass is 10.0. The Morgan fingerprint density at radius 3 is 2.16 bits per heavy atom. The van der Waals surface area contributed by atoms with Gasteiger partial charge in [0.05, 0.1) is 10.5 Å². The zero-order chi connectivity index (χ0) is 14.7. The zero-order valence-electron chi connectivity index (χ0n) is 9.54. The van der Waals surface area contributed by atoms with Gasteiger partial charge in [0.15, 0.2) is 0 Å². The van der Waals surface area contributed by atoms with Gasteiger partial charge in [-0.25, -0.2) is 9.59 Å². The van der Waals surface area contributed by atoms with Crippen molar-refractivity contribution in [2.24, 2.45) is 0 Å². The van der Waals surface area contributed by atoms with Gasteiger partial charge in [-0.2, -0.15) is 0 Å². The third-order valence-electron chi connectivity index (χ3n) is 2.13. The molecule has 1 rings (SSSR count). The van der Waals surface area contributed by atoms with Gasteiger partial charge in [0, 0.05) is 13.0 Å². The van der Waals surface area contributed by atoms with Crippen LogP contribution in [0.25, 0.3) is 0 Å². The second kappa shape index (κ2) is 5.12. The maximum Gasteiger partial charge on any atom is 0.338 e. The predicted molar refractivity (Wildman–Crippen MR) is 61.3 cm³/mol. The molecular formula is C10H8N2O7. The van der Waals surface area contributed by atoms with Crippen molar-refractivity contribution in [3.8, 4) is 0 Å². The number of carbonyl (C=O) groups is 3. The third kappa shape index (κ3) is 2.83. The molecule has 0 heterocycles. The summed E-state index contributed by atoms with van der Waals surface area (Å²) < 4.78 is 0. The van der Waals surface area contributed by atoms with Gasteiger partial charge in [0.25, 0.3) is 5.69 Å². The Labute approximate surface area is 105 Å². The van der Waals surface area contributed by atoms with Gasteiger partial charge in [-0.15, -0.1) is 0 Å². The van der Waals surface area contributed by atoms with Crippen molar-refractivity contribution in [3.05, 3.63) is 33.4 Å². The van der Waals surface area contributed by atoms with Gasteiger partial charge in [0.2, 0.25) is 5.91 Å². The van der Waals surface area contributed by atoms with Crippen molar-refractivity contribution in [2.45, 2.75) is 6.92 Å². The highest BCUT2D eigenvalue weighted by Crippen LogP contribution is 2.31. The number of carboxylic acid groups (broad SMARTS) is 2. The second-order valence-corrected chi connectivity index (χ2v) is 3.43. The zero-order valence-corrected chi connectivity index (χ0v) is 9.54. The van der Waals surface area contributed by atoms with Crippen molar-refractivity contribution in [3.63, 3.8) is 0 Å². The molecule has 0 aliphatic heterocycles. The van der Waals surface area contributed by atoms with Gasteiger partial charge in [0.1, 0.15) is 11.3 Å². The van der Waals surface area contributed by atoms with Crippen LogP contribution in [0.3, 0.4) is 0 Å². The first-order chi connectivity index (χ1) is 8.75. The second-order valence-electron chi connectivity index (χ2n) is 3.43. The van der Waals surface area contributed by atoms with E-state index in [2.05, 4.69) is 0 Å². The number of aromatic carboxylic acids is 2. The van der Waals surface area contributed by atoms with Gasteiger partial charge >= 0.3 is 11.9 Å². The van der Waals surface area contributed by atoms with E-state index in [1.54, 1.807) is 0 Å².